The fourth-order valence-electron chi connectivity index (χ4n) is 3.63. The molecule has 2 N–H and O–H groups in total. The van der Waals surface area contributed by atoms with Crippen LogP contribution in [0, 0.1) is 11.8 Å². The van der Waals surface area contributed by atoms with E-state index < -0.39 is 10.2 Å². The largest absolute Gasteiger partial charge is 0.354 e. The topological polar surface area (TPSA) is 81.8 Å². The second-order valence-corrected chi connectivity index (χ2v) is 9.53. The number of rotatable bonds is 7. The zero-order valence-corrected chi connectivity index (χ0v) is 16.6. The van der Waals surface area contributed by atoms with Gasteiger partial charge in [0.15, 0.2) is 0 Å². The minimum Gasteiger partial charge on any atom is -0.354 e. The van der Waals surface area contributed by atoms with Crippen LogP contribution in [0.15, 0.2) is 0 Å². The fraction of sp³-hybridized carbons (Fsp3) is 0.938. The average Bonchev–Trinajstić information content (AvgIpc) is 3.22. The lowest BCUT2D eigenvalue weighted by Gasteiger charge is -2.34. The number of nitrogens with zero attached hydrogens (tertiary/aromatic N) is 2. The van der Waals surface area contributed by atoms with Gasteiger partial charge in [-0.1, -0.05) is 0 Å². The minimum absolute atomic E-state index is 0. The van der Waals surface area contributed by atoms with Gasteiger partial charge in [0.25, 0.3) is 10.2 Å². The molecule has 2 aliphatic heterocycles. The summed E-state index contributed by atoms with van der Waals surface area (Å²) in [5.74, 6) is 0.801. The van der Waals surface area contributed by atoms with Gasteiger partial charge >= 0.3 is 0 Å². The van der Waals surface area contributed by atoms with Crippen LogP contribution >= 0.6 is 12.4 Å². The van der Waals surface area contributed by atoms with E-state index in [1.807, 2.05) is 0 Å². The van der Waals surface area contributed by atoms with Gasteiger partial charge in [-0.15, -0.1) is 12.4 Å². The summed E-state index contributed by atoms with van der Waals surface area (Å²) in [6.45, 7) is 3.20. The van der Waals surface area contributed by atoms with E-state index >= 15 is 0 Å². The van der Waals surface area contributed by atoms with Gasteiger partial charge in [0, 0.05) is 33.2 Å². The van der Waals surface area contributed by atoms with Crippen molar-refractivity contribution in [2.75, 3.05) is 39.8 Å². The quantitative estimate of drug-likeness (QED) is 0.661. The number of carbonyl (C=O) groups is 1. The Labute approximate surface area is 157 Å². The van der Waals surface area contributed by atoms with Crippen LogP contribution in [0.5, 0.6) is 0 Å². The highest BCUT2D eigenvalue weighted by Crippen LogP contribution is 2.31. The molecule has 1 aliphatic carbocycles. The van der Waals surface area contributed by atoms with Crippen LogP contribution in [0.25, 0.3) is 0 Å². The first-order chi connectivity index (χ1) is 11.5. The van der Waals surface area contributed by atoms with E-state index in [0.717, 1.165) is 45.1 Å². The van der Waals surface area contributed by atoms with Crippen LogP contribution < -0.4 is 10.6 Å². The third-order valence-corrected chi connectivity index (χ3v) is 7.28. The molecule has 25 heavy (non-hydrogen) atoms. The van der Waals surface area contributed by atoms with E-state index in [0.29, 0.717) is 32.1 Å². The Bertz CT molecular complexity index is 550. The summed E-state index contributed by atoms with van der Waals surface area (Å²) in [7, 11) is -1.68. The molecule has 0 aromatic heterocycles. The molecule has 3 rings (SSSR count). The maximum atomic E-state index is 12.7. The molecule has 3 fully saturated rings. The molecule has 1 amide bonds. The molecule has 0 spiro atoms. The smallest absolute Gasteiger partial charge is 0.281 e. The highest BCUT2D eigenvalue weighted by atomic mass is 35.5. The van der Waals surface area contributed by atoms with Crippen LogP contribution in [0.2, 0.25) is 0 Å². The van der Waals surface area contributed by atoms with Crippen LogP contribution in [-0.4, -0.2) is 68.7 Å². The Hall–Kier alpha value is -0.410. The first kappa shape index (κ1) is 20.9. The van der Waals surface area contributed by atoms with Crippen molar-refractivity contribution in [3.8, 4) is 0 Å². The van der Waals surface area contributed by atoms with Crippen molar-refractivity contribution >= 4 is 28.5 Å². The Kier molecular flexibility index (Phi) is 7.52. The van der Waals surface area contributed by atoms with Crippen molar-refractivity contribution in [1.82, 2.24) is 19.2 Å². The van der Waals surface area contributed by atoms with Gasteiger partial charge in [-0.2, -0.15) is 17.0 Å². The number of carbonyl (C=O) groups excluding carboxylic acids is 1. The van der Waals surface area contributed by atoms with Gasteiger partial charge in [-0.05, 0) is 56.9 Å². The van der Waals surface area contributed by atoms with E-state index in [2.05, 4.69) is 10.6 Å². The fourth-order valence-corrected chi connectivity index (χ4v) is 5.19. The second kappa shape index (κ2) is 8.99. The molecule has 2 atom stereocenters. The monoisotopic (exact) mass is 394 g/mol. The molecule has 2 unspecified atom stereocenters. The lowest BCUT2D eigenvalue weighted by Crippen LogP contribution is -2.50. The number of hydrogen-bond donors (Lipinski definition) is 2. The Morgan fingerprint density at radius 1 is 1.20 bits per heavy atom. The molecule has 9 heteroatoms. The molecule has 146 valence electrons. The third-order valence-electron chi connectivity index (χ3n) is 5.36. The molecule has 7 nitrogen and oxygen atoms in total. The maximum absolute atomic E-state index is 12.7. The molecule has 3 aliphatic rings. The van der Waals surface area contributed by atoms with Crippen molar-refractivity contribution in [3.63, 3.8) is 0 Å². The average molecular weight is 395 g/mol. The van der Waals surface area contributed by atoms with Crippen LogP contribution in [0.1, 0.15) is 38.5 Å². The zero-order chi connectivity index (χ0) is 17.2. The summed E-state index contributed by atoms with van der Waals surface area (Å²) in [5.41, 5.74) is 0. The van der Waals surface area contributed by atoms with Gasteiger partial charge in [0.2, 0.25) is 5.91 Å². The predicted octanol–water partition coefficient (Wildman–Crippen LogP) is 0.575. The second-order valence-electron chi connectivity index (χ2n) is 7.49. The third kappa shape index (κ3) is 5.53. The van der Waals surface area contributed by atoms with E-state index in [-0.39, 0.29) is 30.3 Å². The number of piperidine rings is 1. The summed E-state index contributed by atoms with van der Waals surface area (Å²) in [5, 5.41) is 6.19. The summed E-state index contributed by atoms with van der Waals surface area (Å²) < 4.78 is 28.5. The van der Waals surface area contributed by atoms with Gasteiger partial charge in [0.1, 0.15) is 0 Å². The number of halogens is 1. The SMILES string of the molecule is CN(CC1CC1)S(=O)(=O)N1CCCC(CNC(=O)C2CCCN2)C1.Cl. The first-order valence-corrected chi connectivity index (χ1v) is 10.6. The zero-order valence-electron chi connectivity index (χ0n) is 14.9. The molecule has 0 aromatic carbocycles. The van der Waals surface area contributed by atoms with Crippen LogP contribution in [-0.2, 0) is 15.0 Å². The van der Waals surface area contributed by atoms with Crippen molar-refractivity contribution in [2.24, 2.45) is 11.8 Å². The Balaban J connectivity index is 0.00000225. The highest BCUT2D eigenvalue weighted by molar-refractivity contribution is 7.86. The number of nitrogens with one attached hydrogen (secondary N) is 2. The van der Waals surface area contributed by atoms with Crippen LogP contribution in [0.3, 0.4) is 0 Å². The molecular formula is C16H31ClN4O3S. The maximum Gasteiger partial charge on any atom is 0.281 e. The molecule has 2 heterocycles. The number of amides is 1. The predicted molar refractivity (Wildman–Crippen MR) is 99.9 cm³/mol. The summed E-state index contributed by atoms with van der Waals surface area (Å²) >= 11 is 0. The van der Waals surface area contributed by atoms with E-state index in [4.69, 9.17) is 0 Å². The summed E-state index contributed by atoms with van der Waals surface area (Å²) in [4.78, 5) is 12.1. The first-order valence-electron chi connectivity index (χ1n) is 9.19. The molecule has 0 radical (unpaired) electrons. The van der Waals surface area contributed by atoms with Gasteiger partial charge < -0.3 is 10.6 Å². The highest BCUT2D eigenvalue weighted by Gasteiger charge is 2.35. The van der Waals surface area contributed by atoms with Crippen molar-refractivity contribution in [2.45, 2.75) is 44.6 Å². The minimum atomic E-state index is -3.36. The van der Waals surface area contributed by atoms with Gasteiger partial charge in [-0.3, -0.25) is 4.79 Å². The van der Waals surface area contributed by atoms with Crippen molar-refractivity contribution < 1.29 is 13.2 Å². The Morgan fingerprint density at radius 2 is 1.96 bits per heavy atom. The van der Waals surface area contributed by atoms with Crippen LogP contribution in [0.4, 0.5) is 0 Å². The normalized spacial score (nSPS) is 27.9. The number of hydrogen-bond acceptors (Lipinski definition) is 4. The van der Waals surface area contributed by atoms with Gasteiger partial charge in [0.05, 0.1) is 6.04 Å². The molecule has 1 saturated carbocycles. The Morgan fingerprint density at radius 3 is 2.60 bits per heavy atom. The molecule has 2 saturated heterocycles. The molecule has 0 bridgehead atoms. The molecular weight excluding hydrogens is 364 g/mol. The van der Waals surface area contributed by atoms with E-state index in [1.165, 1.54) is 4.31 Å². The molecule has 0 aromatic rings. The van der Waals surface area contributed by atoms with E-state index in [1.54, 1.807) is 11.4 Å². The van der Waals surface area contributed by atoms with Crippen molar-refractivity contribution in [3.05, 3.63) is 0 Å². The summed E-state index contributed by atoms with van der Waals surface area (Å²) in [6.07, 6.45) is 6.05. The van der Waals surface area contributed by atoms with E-state index in [9.17, 15) is 13.2 Å². The lowest BCUT2D eigenvalue weighted by molar-refractivity contribution is -0.123. The van der Waals surface area contributed by atoms with Gasteiger partial charge in [-0.25, -0.2) is 0 Å². The van der Waals surface area contributed by atoms with Crippen molar-refractivity contribution in [1.29, 1.82) is 0 Å². The summed E-state index contributed by atoms with van der Waals surface area (Å²) in [6, 6.07) is -0.0712. The lowest BCUT2D eigenvalue weighted by atomic mass is 9.99. The standard InChI is InChI=1S/C16H30N4O3S.ClH/c1-19(11-13-6-7-13)24(22,23)20-9-3-4-14(12-20)10-18-16(21)15-5-2-8-17-15;/h13-15,17H,2-12H2,1H3,(H,18,21);1H.